The van der Waals surface area contributed by atoms with Gasteiger partial charge in [-0.1, -0.05) is 42.5 Å². The van der Waals surface area contributed by atoms with Crippen molar-refractivity contribution in [2.45, 2.75) is 19.8 Å². The Morgan fingerprint density at radius 3 is 2.56 bits per heavy atom. The smallest absolute Gasteiger partial charge is 0.291 e. The molecule has 1 N–H and O–H groups in total. The Morgan fingerprint density at radius 2 is 1.81 bits per heavy atom. The molecular formula is C21H25FN2O3. The van der Waals surface area contributed by atoms with Gasteiger partial charge in [0.2, 0.25) is 0 Å². The van der Waals surface area contributed by atoms with Crippen molar-refractivity contribution in [2.24, 2.45) is 4.99 Å². The second-order valence-corrected chi connectivity index (χ2v) is 5.76. The van der Waals surface area contributed by atoms with Crippen LogP contribution in [0.5, 0.6) is 0 Å². The summed E-state index contributed by atoms with van der Waals surface area (Å²) in [6, 6.07) is 15.9. The summed E-state index contributed by atoms with van der Waals surface area (Å²) < 4.78 is 24.5. The monoisotopic (exact) mass is 372 g/mol. The Kier molecular flexibility index (Phi) is 9.00. The third-order valence-electron chi connectivity index (χ3n) is 3.73. The van der Waals surface area contributed by atoms with Gasteiger partial charge in [0.05, 0.1) is 12.2 Å². The number of nitrogens with zero attached hydrogens (tertiary/aromatic N) is 1. The molecule has 0 radical (unpaired) electrons. The molecule has 0 aliphatic rings. The van der Waals surface area contributed by atoms with Crippen LogP contribution >= 0.6 is 0 Å². The molecule has 2 aromatic carbocycles. The first-order valence-corrected chi connectivity index (χ1v) is 9.05. The molecule has 6 heteroatoms. The summed E-state index contributed by atoms with van der Waals surface area (Å²) in [5, 5.41) is 2.54. The van der Waals surface area contributed by atoms with Gasteiger partial charge in [-0.05, 0) is 37.5 Å². The second-order valence-electron chi connectivity index (χ2n) is 5.76. The van der Waals surface area contributed by atoms with Gasteiger partial charge in [0.1, 0.15) is 12.4 Å². The Balaban J connectivity index is 1.92. The maximum Gasteiger partial charge on any atom is 0.291 e. The third-order valence-corrected chi connectivity index (χ3v) is 3.73. The number of nitrogens with one attached hydrogen (secondary N) is 1. The molecule has 5 nitrogen and oxygen atoms in total. The Morgan fingerprint density at radius 1 is 1.07 bits per heavy atom. The number of amidine groups is 1. The van der Waals surface area contributed by atoms with E-state index < -0.39 is 11.7 Å². The molecular weight excluding hydrogens is 347 g/mol. The highest BCUT2D eigenvalue weighted by Crippen LogP contribution is 2.06. The van der Waals surface area contributed by atoms with Crippen molar-refractivity contribution in [1.29, 1.82) is 0 Å². The average molecular weight is 372 g/mol. The molecule has 0 aliphatic heterocycles. The average Bonchev–Trinajstić information content (AvgIpc) is 2.69. The van der Waals surface area contributed by atoms with Crippen LogP contribution in [0, 0.1) is 5.82 Å². The number of carbonyl (C=O) groups excluding carboxylic acids is 1. The van der Waals surface area contributed by atoms with Crippen LogP contribution in [0.1, 0.15) is 29.3 Å². The first kappa shape index (κ1) is 20.6. The number of amides is 1. The number of aliphatic imine (C=N–C) groups is 1. The van der Waals surface area contributed by atoms with E-state index in [1.54, 1.807) is 6.07 Å². The molecule has 0 aliphatic carbocycles. The molecule has 2 aromatic rings. The summed E-state index contributed by atoms with van der Waals surface area (Å²) in [6.45, 7) is 3.58. The van der Waals surface area contributed by atoms with E-state index in [9.17, 15) is 9.18 Å². The topological polar surface area (TPSA) is 59.9 Å². The minimum Gasteiger partial charge on any atom is -0.463 e. The summed E-state index contributed by atoms with van der Waals surface area (Å²) in [4.78, 5) is 16.6. The number of rotatable bonds is 9. The molecule has 0 heterocycles. The second kappa shape index (κ2) is 11.8. The van der Waals surface area contributed by atoms with Crippen LogP contribution in [0.3, 0.4) is 0 Å². The van der Waals surface area contributed by atoms with Crippen molar-refractivity contribution in [3.05, 3.63) is 71.5 Å². The number of ether oxygens (including phenoxy) is 2. The molecule has 0 spiro atoms. The number of hydrogen-bond acceptors (Lipinski definition) is 4. The van der Waals surface area contributed by atoms with Crippen molar-refractivity contribution in [2.75, 3.05) is 26.4 Å². The van der Waals surface area contributed by atoms with Crippen LogP contribution in [-0.4, -0.2) is 38.3 Å². The van der Waals surface area contributed by atoms with Crippen molar-refractivity contribution < 1.29 is 18.7 Å². The minimum atomic E-state index is -0.591. The van der Waals surface area contributed by atoms with E-state index in [4.69, 9.17) is 9.47 Å². The number of halogens is 1. The Hall–Kier alpha value is -2.73. The highest BCUT2D eigenvalue weighted by Gasteiger charge is 2.13. The van der Waals surface area contributed by atoms with Gasteiger partial charge in [0, 0.05) is 13.2 Å². The van der Waals surface area contributed by atoms with Crippen LogP contribution in [-0.2, 0) is 15.9 Å². The third kappa shape index (κ3) is 7.58. The molecule has 0 unspecified atom stereocenters. The number of benzene rings is 2. The minimum absolute atomic E-state index is 0.0529. The first-order valence-electron chi connectivity index (χ1n) is 9.05. The lowest BCUT2D eigenvalue weighted by atomic mass is 10.1. The summed E-state index contributed by atoms with van der Waals surface area (Å²) in [5.74, 6) is -1.18. The lowest BCUT2D eigenvalue weighted by Crippen LogP contribution is -2.34. The fourth-order valence-electron chi connectivity index (χ4n) is 2.38. The zero-order chi connectivity index (χ0) is 19.3. The molecule has 0 saturated carbocycles. The lowest BCUT2D eigenvalue weighted by Gasteiger charge is -2.11. The number of carbonyl (C=O) groups is 1. The predicted octanol–water partition coefficient (Wildman–Crippen LogP) is 3.60. The van der Waals surface area contributed by atoms with Gasteiger partial charge in [0.25, 0.3) is 11.9 Å². The SMILES string of the molecule is CCOCCOC(=NCCCc1ccccc1)NC(=O)c1ccccc1F. The zero-order valence-corrected chi connectivity index (χ0v) is 15.5. The van der Waals surface area contributed by atoms with Crippen LogP contribution in [0.15, 0.2) is 59.6 Å². The van der Waals surface area contributed by atoms with Crippen molar-refractivity contribution >= 4 is 11.9 Å². The van der Waals surface area contributed by atoms with Crippen LogP contribution in [0.25, 0.3) is 0 Å². The molecule has 0 fully saturated rings. The molecule has 27 heavy (non-hydrogen) atoms. The molecule has 144 valence electrons. The quantitative estimate of drug-likeness (QED) is 0.416. The van der Waals surface area contributed by atoms with E-state index in [1.807, 2.05) is 25.1 Å². The van der Waals surface area contributed by atoms with Gasteiger partial charge in [-0.2, -0.15) is 0 Å². The van der Waals surface area contributed by atoms with E-state index in [2.05, 4.69) is 22.4 Å². The van der Waals surface area contributed by atoms with Crippen LogP contribution in [0.4, 0.5) is 4.39 Å². The fraction of sp³-hybridized carbons (Fsp3) is 0.333. The van der Waals surface area contributed by atoms with Crippen molar-refractivity contribution in [1.82, 2.24) is 5.32 Å². The fourth-order valence-corrected chi connectivity index (χ4v) is 2.38. The Labute approximate surface area is 159 Å². The van der Waals surface area contributed by atoms with Gasteiger partial charge in [-0.3, -0.25) is 10.1 Å². The van der Waals surface area contributed by atoms with Gasteiger partial charge in [-0.15, -0.1) is 0 Å². The predicted molar refractivity (Wildman–Crippen MR) is 103 cm³/mol. The zero-order valence-electron chi connectivity index (χ0n) is 15.5. The largest absolute Gasteiger partial charge is 0.463 e. The van der Waals surface area contributed by atoms with Gasteiger partial charge in [0.15, 0.2) is 0 Å². The van der Waals surface area contributed by atoms with Crippen LogP contribution in [0.2, 0.25) is 0 Å². The Bertz CT molecular complexity index is 735. The lowest BCUT2D eigenvalue weighted by molar-refractivity contribution is 0.0919. The summed E-state index contributed by atoms with van der Waals surface area (Å²) in [7, 11) is 0. The van der Waals surface area contributed by atoms with Crippen LogP contribution < -0.4 is 5.32 Å². The first-order chi connectivity index (χ1) is 13.2. The van der Waals surface area contributed by atoms with E-state index in [0.29, 0.717) is 19.8 Å². The number of aryl methyl sites for hydroxylation is 1. The van der Waals surface area contributed by atoms with Gasteiger partial charge in [-0.25, -0.2) is 9.38 Å². The maximum absolute atomic E-state index is 13.8. The highest BCUT2D eigenvalue weighted by molar-refractivity contribution is 6.04. The highest BCUT2D eigenvalue weighted by atomic mass is 19.1. The number of hydrogen-bond donors (Lipinski definition) is 1. The normalized spacial score (nSPS) is 11.3. The van der Waals surface area contributed by atoms with E-state index in [0.717, 1.165) is 12.8 Å². The molecule has 0 bridgehead atoms. The molecule has 0 saturated heterocycles. The van der Waals surface area contributed by atoms with Crippen molar-refractivity contribution in [3.8, 4) is 0 Å². The molecule has 0 aromatic heterocycles. The van der Waals surface area contributed by atoms with Gasteiger partial charge >= 0.3 is 0 Å². The standard InChI is InChI=1S/C21H25FN2O3/c1-2-26-15-16-27-21(23-14-8-11-17-9-4-3-5-10-17)24-20(25)18-12-6-7-13-19(18)22/h3-7,9-10,12-13H,2,8,11,14-16H2,1H3,(H,23,24,25). The van der Waals surface area contributed by atoms with Gasteiger partial charge < -0.3 is 9.47 Å². The van der Waals surface area contributed by atoms with E-state index >= 15 is 0 Å². The summed E-state index contributed by atoms with van der Waals surface area (Å²) in [5.41, 5.74) is 1.17. The van der Waals surface area contributed by atoms with E-state index in [1.165, 1.54) is 23.8 Å². The maximum atomic E-state index is 13.8. The molecule has 1 amide bonds. The molecule has 2 rings (SSSR count). The molecule has 0 atom stereocenters. The van der Waals surface area contributed by atoms with E-state index in [-0.39, 0.29) is 18.2 Å². The van der Waals surface area contributed by atoms with Crippen molar-refractivity contribution in [3.63, 3.8) is 0 Å². The summed E-state index contributed by atoms with van der Waals surface area (Å²) >= 11 is 0. The summed E-state index contributed by atoms with van der Waals surface area (Å²) in [6.07, 6.45) is 1.68.